The van der Waals surface area contributed by atoms with Crippen LogP contribution in [0, 0.1) is 0 Å². The molecular formula is C35H46BrN3O3. The number of fused-ring (bicyclic) bond motifs is 1. The zero-order chi connectivity index (χ0) is 30.7. The van der Waals surface area contributed by atoms with Crippen LogP contribution in [0.2, 0.25) is 0 Å². The third kappa shape index (κ3) is 9.63. The molecule has 0 amide bonds. The van der Waals surface area contributed by atoms with Gasteiger partial charge in [0.1, 0.15) is 11.5 Å². The van der Waals surface area contributed by atoms with Crippen LogP contribution in [0.4, 0.5) is 0 Å². The fraction of sp³-hybridized carbons (Fsp3) is 0.371. The molecule has 0 saturated carbocycles. The molecule has 0 spiro atoms. The van der Waals surface area contributed by atoms with Gasteiger partial charge in [0.05, 0.1) is 18.9 Å². The molecule has 0 fully saturated rings. The summed E-state index contributed by atoms with van der Waals surface area (Å²) in [5.41, 5.74) is 17.5. The average molecular weight is 637 g/mol. The second-order valence-electron chi connectivity index (χ2n) is 11.5. The van der Waals surface area contributed by atoms with Crippen LogP contribution in [0.3, 0.4) is 0 Å². The molecule has 3 rings (SSSR count). The first-order chi connectivity index (χ1) is 20.0. The van der Waals surface area contributed by atoms with Crippen molar-refractivity contribution in [1.29, 1.82) is 0 Å². The van der Waals surface area contributed by atoms with E-state index >= 15 is 0 Å². The molecule has 2 aromatic rings. The van der Waals surface area contributed by atoms with E-state index in [9.17, 15) is 5.11 Å². The molecule has 2 aromatic carbocycles. The van der Waals surface area contributed by atoms with E-state index in [1.54, 1.807) is 4.99 Å². The summed E-state index contributed by atoms with van der Waals surface area (Å²) in [6, 6.07) is 11.6. The van der Waals surface area contributed by atoms with Crippen LogP contribution in [0.1, 0.15) is 81.9 Å². The Kier molecular flexibility index (Phi) is 13.0. The fourth-order valence-corrected chi connectivity index (χ4v) is 4.92. The maximum atomic E-state index is 10.8. The zero-order valence-electron chi connectivity index (χ0n) is 25.3. The van der Waals surface area contributed by atoms with E-state index < -0.39 is 18.6 Å². The molecule has 3 atom stereocenters. The maximum Gasteiger partial charge on any atom is 0.181 e. The van der Waals surface area contributed by atoms with Gasteiger partial charge in [0.15, 0.2) is 6.29 Å². The minimum atomic E-state index is -1.03. The number of hydrogen-bond donors (Lipinski definition) is 4. The second-order valence-corrected chi connectivity index (χ2v) is 12.0. The standard InChI is InChI=1S/C35H46BrN3O3/c1-6-7-8-11-21-41-34(40)26-14-12-15-27(22-26)42-33-29(35(3,4)5)18-16-25-17-19-30(37)39-31(38)23-28(32(25)33)24(2)13-9-10-20-36/h9-10,12-20,22-23,30-31,34,39-40H,2,6-8,11,21,37-38H2,1,3-5H3/b13-9-,19-17+,20-10+,28-23?. The summed E-state index contributed by atoms with van der Waals surface area (Å²) >= 11 is 3.31. The molecule has 6 N–H and O–H groups in total. The third-order valence-electron chi connectivity index (χ3n) is 6.95. The van der Waals surface area contributed by atoms with Crippen molar-refractivity contribution >= 4 is 27.6 Å². The Morgan fingerprint density at radius 3 is 2.62 bits per heavy atom. The highest BCUT2D eigenvalue weighted by Gasteiger charge is 2.27. The Bertz CT molecular complexity index is 1320. The molecule has 0 saturated heterocycles. The molecule has 0 aromatic heterocycles. The summed E-state index contributed by atoms with van der Waals surface area (Å²) < 4.78 is 12.5. The molecule has 226 valence electrons. The van der Waals surface area contributed by atoms with Crippen LogP contribution in [0.25, 0.3) is 11.6 Å². The summed E-state index contributed by atoms with van der Waals surface area (Å²) in [5.74, 6) is 1.28. The Labute approximate surface area is 260 Å². The lowest BCUT2D eigenvalue weighted by atomic mass is 9.81. The van der Waals surface area contributed by atoms with Crippen molar-refractivity contribution in [2.24, 2.45) is 11.5 Å². The van der Waals surface area contributed by atoms with Crippen molar-refractivity contribution in [3.05, 3.63) is 106 Å². The number of benzene rings is 2. The molecule has 0 bridgehead atoms. The second kappa shape index (κ2) is 16.2. The Hall–Kier alpha value is -2.78. The van der Waals surface area contributed by atoms with Crippen molar-refractivity contribution in [2.75, 3.05) is 6.61 Å². The predicted molar refractivity (Wildman–Crippen MR) is 179 cm³/mol. The first-order valence-electron chi connectivity index (χ1n) is 14.6. The number of hydrogen-bond acceptors (Lipinski definition) is 6. The monoisotopic (exact) mass is 635 g/mol. The molecule has 0 aliphatic carbocycles. The van der Waals surface area contributed by atoms with Crippen LogP contribution in [0.5, 0.6) is 11.5 Å². The number of aliphatic hydroxyl groups is 1. The number of rotatable bonds is 12. The van der Waals surface area contributed by atoms with Gasteiger partial charge in [-0.2, -0.15) is 0 Å². The van der Waals surface area contributed by atoms with E-state index in [-0.39, 0.29) is 5.41 Å². The normalized spacial score (nSPS) is 19.1. The number of allylic oxidation sites excluding steroid dienone is 5. The molecule has 1 heterocycles. The van der Waals surface area contributed by atoms with Crippen LogP contribution in [-0.4, -0.2) is 24.0 Å². The van der Waals surface area contributed by atoms with Crippen molar-refractivity contribution in [3.63, 3.8) is 0 Å². The van der Waals surface area contributed by atoms with Gasteiger partial charge in [-0.3, -0.25) is 5.32 Å². The van der Waals surface area contributed by atoms with E-state index in [4.69, 9.17) is 20.9 Å². The summed E-state index contributed by atoms with van der Waals surface area (Å²) in [5, 5.41) is 14.0. The Morgan fingerprint density at radius 1 is 1.12 bits per heavy atom. The topological polar surface area (TPSA) is 103 Å². The molecule has 7 heteroatoms. The number of unbranched alkanes of at least 4 members (excludes halogenated alkanes) is 3. The van der Waals surface area contributed by atoms with E-state index in [1.165, 1.54) is 0 Å². The van der Waals surface area contributed by atoms with E-state index in [0.29, 0.717) is 23.7 Å². The number of nitrogens with one attached hydrogen (secondary N) is 1. The highest BCUT2D eigenvalue weighted by molar-refractivity contribution is 9.11. The first kappa shape index (κ1) is 33.7. The lowest BCUT2D eigenvalue weighted by Crippen LogP contribution is -2.46. The molecule has 0 radical (unpaired) electrons. The molecule has 1 aliphatic heterocycles. The predicted octanol–water partition coefficient (Wildman–Crippen LogP) is 7.95. The Morgan fingerprint density at radius 2 is 1.90 bits per heavy atom. The van der Waals surface area contributed by atoms with Gasteiger partial charge in [0.25, 0.3) is 0 Å². The quantitative estimate of drug-likeness (QED) is 0.107. The van der Waals surface area contributed by atoms with Crippen molar-refractivity contribution in [2.45, 2.75) is 77.4 Å². The van der Waals surface area contributed by atoms with Gasteiger partial charge in [0, 0.05) is 16.7 Å². The molecule has 1 aliphatic rings. The zero-order valence-corrected chi connectivity index (χ0v) is 26.9. The van der Waals surface area contributed by atoms with Crippen LogP contribution in [0.15, 0.2) is 83.9 Å². The van der Waals surface area contributed by atoms with Crippen LogP contribution in [-0.2, 0) is 10.2 Å². The van der Waals surface area contributed by atoms with Gasteiger partial charge in [-0.05, 0) is 51.7 Å². The maximum absolute atomic E-state index is 10.8. The van der Waals surface area contributed by atoms with Gasteiger partial charge in [-0.25, -0.2) is 0 Å². The number of halogens is 1. The average Bonchev–Trinajstić information content (AvgIpc) is 3.00. The molecular weight excluding hydrogens is 590 g/mol. The summed E-state index contributed by atoms with van der Waals surface area (Å²) in [7, 11) is 0. The number of ether oxygens (including phenoxy) is 2. The lowest BCUT2D eigenvalue weighted by molar-refractivity contribution is -0.104. The SMILES string of the molecule is C=C(/C=C\C=C\Br)C1=CC(N)NC(N)/C=C/c2ccc(C(C)(C)C)c(Oc3cccc(C(O)OCCCCCC)c3)c21. The van der Waals surface area contributed by atoms with Crippen LogP contribution >= 0.6 is 15.9 Å². The van der Waals surface area contributed by atoms with Gasteiger partial charge < -0.3 is 26.0 Å². The highest BCUT2D eigenvalue weighted by atomic mass is 79.9. The largest absolute Gasteiger partial charge is 0.456 e. The fourth-order valence-electron chi connectivity index (χ4n) is 4.75. The van der Waals surface area contributed by atoms with E-state index in [0.717, 1.165) is 53.5 Å². The Balaban J connectivity index is 2.14. The first-order valence-corrected chi connectivity index (χ1v) is 15.5. The van der Waals surface area contributed by atoms with Crippen molar-refractivity contribution in [3.8, 4) is 11.5 Å². The summed E-state index contributed by atoms with van der Waals surface area (Å²) in [6.07, 6.45) is 13.8. The van der Waals surface area contributed by atoms with Crippen LogP contribution < -0.4 is 21.5 Å². The van der Waals surface area contributed by atoms with E-state index in [2.05, 4.69) is 67.7 Å². The molecule has 42 heavy (non-hydrogen) atoms. The summed E-state index contributed by atoms with van der Waals surface area (Å²) in [4.78, 5) is 1.78. The minimum Gasteiger partial charge on any atom is -0.456 e. The van der Waals surface area contributed by atoms with Gasteiger partial charge in [0.2, 0.25) is 0 Å². The smallest absolute Gasteiger partial charge is 0.181 e. The highest BCUT2D eigenvalue weighted by Crippen LogP contribution is 2.44. The minimum absolute atomic E-state index is 0.247. The van der Waals surface area contributed by atoms with Gasteiger partial charge in [-0.1, -0.05) is 124 Å². The number of nitrogens with two attached hydrogens (primary N) is 2. The molecule has 3 unspecified atom stereocenters. The van der Waals surface area contributed by atoms with Crippen molar-refractivity contribution in [1.82, 2.24) is 5.32 Å². The lowest BCUT2D eigenvalue weighted by Gasteiger charge is -2.27. The third-order valence-corrected chi connectivity index (χ3v) is 7.25. The van der Waals surface area contributed by atoms with Crippen molar-refractivity contribution < 1.29 is 14.6 Å². The number of aliphatic hydroxyl groups excluding tert-OH is 1. The van der Waals surface area contributed by atoms with Gasteiger partial charge >= 0.3 is 0 Å². The van der Waals surface area contributed by atoms with E-state index in [1.807, 2.05) is 60.7 Å². The molecule has 6 nitrogen and oxygen atoms in total. The summed E-state index contributed by atoms with van der Waals surface area (Å²) in [6.45, 7) is 13.5. The van der Waals surface area contributed by atoms with Gasteiger partial charge in [-0.15, -0.1) is 0 Å².